The van der Waals surface area contributed by atoms with E-state index in [2.05, 4.69) is 15.2 Å². The highest BCUT2D eigenvalue weighted by Gasteiger charge is 2.36. The molecule has 2 amide bonds. The van der Waals surface area contributed by atoms with Gasteiger partial charge in [0, 0.05) is 37.3 Å². The number of fused-ring (bicyclic) bond motifs is 2. The Morgan fingerprint density at radius 3 is 2.96 bits per heavy atom. The molecular formula is C17H19FN4O. The second-order valence-corrected chi connectivity index (χ2v) is 6.31. The fourth-order valence-electron chi connectivity index (χ4n) is 3.65. The van der Waals surface area contributed by atoms with Gasteiger partial charge in [-0.2, -0.15) is 0 Å². The van der Waals surface area contributed by atoms with Gasteiger partial charge < -0.3 is 15.1 Å². The van der Waals surface area contributed by atoms with Gasteiger partial charge in [0.2, 0.25) is 0 Å². The molecule has 2 aliphatic rings. The van der Waals surface area contributed by atoms with E-state index in [0.717, 1.165) is 40.9 Å². The lowest BCUT2D eigenvalue weighted by atomic mass is 10.0. The number of pyridine rings is 1. The molecule has 1 aromatic heterocycles. The van der Waals surface area contributed by atoms with Crippen LogP contribution >= 0.6 is 0 Å². The molecule has 1 atom stereocenters. The molecule has 2 aliphatic heterocycles. The number of piperazine rings is 1. The van der Waals surface area contributed by atoms with Gasteiger partial charge in [-0.25, -0.2) is 9.18 Å². The van der Waals surface area contributed by atoms with Gasteiger partial charge in [0.25, 0.3) is 0 Å². The monoisotopic (exact) mass is 314 g/mol. The predicted octanol–water partition coefficient (Wildman–Crippen LogP) is 2.20. The van der Waals surface area contributed by atoms with Gasteiger partial charge in [-0.1, -0.05) is 0 Å². The largest absolute Gasteiger partial charge is 0.367 e. The average molecular weight is 314 g/mol. The van der Waals surface area contributed by atoms with Crippen molar-refractivity contribution in [1.29, 1.82) is 0 Å². The van der Waals surface area contributed by atoms with Crippen LogP contribution in [0.5, 0.6) is 0 Å². The maximum absolute atomic E-state index is 13.8. The first kappa shape index (κ1) is 14.2. The van der Waals surface area contributed by atoms with Crippen LogP contribution in [0.1, 0.15) is 11.3 Å². The Bertz CT molecular complexity index is 807. The first-order valence-electron chi connectivity index (χ1n) is 7.90. The second kappa shape index (κ2) is 5.08. The highest BCUT2D eigenvalue weighted by Crippen LogP contribution is 2.33. The van der Waals surface area contributed by atoms with Crippen molar-refractivity contribution in [2.24, 2.45) is 0 Å². The summed E-state index contributed by atoms with van der Waals surface area (Å²) in [5.41, 5.74) is 3.90. The zero-order valence-electron chi connectivity index (χ0n) is 13.3. The van der Waals surface area contributed by atoms with E-state index < -0.39 is 0 Å². The summed E-state index contributed by atoms with van der Waals surface area (Å²) in [5.74, 6) is -0.250. The van der Waals surface area contributed by atoms with Crippen molar-refractivity contribution < 1.29 is 9.18 Å². The minimum Gasteiger partial charge on any atom is -0.367 e. The zero-order chi connectivity index (χ0) is 16.1. The van der Waals surface area contributed by atoms with Crippen LogP contribution < -0.4 is 10.2 Å². The Labute approximate surface area is 134 Å². The molecule has 120 valence electrons. The predicted molar refractivity (Wildman–Crippen MR) is 87.3 cm³/mol. The first-order chi connectivity index (χ1) is 11.0. The molecule has 0 unspecified atom stereocenters. The van der Waals surface area contributed by atoms with Gasteiger partial charge in [-0.05, 0) is 37.6 Å². The molecule has 2 saturated heterocycles. The number of benzene rings is 1. The van der Waals surface area contributed by atoms with Crippen molar-refractivity contribution in [3.8, 4) is 0 Å². The fraction of sp³-hybridized carbons (Fsp3) is 0.412. The molecule has 0 aliphatic carbocycles. The summed E-state index contributed by atoms with van der Waals surface area (Å²) in [4.78, 5) is 20.5. The number of anilines is 1. The number of aromatic nitrogens is 1. The Kier molecular flexibility index (Phi) is 3.14. The van der Waals surface area contributed by atoms with Gasteiger partial charge in [0.05, 0.1) is 17.2 Å². The molecule has 1 aromatic carbocycles. The summed E-state index contributed by atoms with van der Waals surface area (Å²) >= 11 is 0. The summed E-state index contributed by atoms with van der Waals surface area (Å²) < 4.78 is 13.8. The maximum atomic E-state index is 13.8. The Hall–Kier alpha value is -2.37. The van der Waals surface area contributed by atoms with E-state index in [1.54, 1.807) is 12.1 Å². The Morgan fingerprint density at radius 2 is 2.13 bits per heavy atom. The third kappa shape index (κ3) is 2.20. The van der Waals surface area contributed by atoms with Gasteiger partial charge in [0.1, 0.15) is 5.82 Å². The molecule has 3 heterocycles. The molecule has 23 heavy (non-hydrogen) atoms. The summed E-state index contributed by atoms with van der Waals surface area (Å²) in [6.45, 7) is 6.89. The van der Waals surface area contributed by atoms with E-state index in [1.165, 1.54) is 6.07 Å². The lowest BCUT2D eigenvalue weighted by Crippen LogP contribution is -2.52. The van der Waals surface area contributed by atoms with Crippen LogP contribution in [-0.4, -0.2) is 48.1 Å². The fourth-order valence-corrected chi connectivity index (χ4v) is 3.65. The van der Waals surface area contributed by atoms with Gasteiger partial charge >= 0.3 is 6.03 Å². The number of nitrogens with one attached hydrogen (secondary N) is 1. The van der Waals surface area contributed by atoms with Crippen molar-refractivity contribution >= 4 is 22.6 Å². The SMILES string of the molecule is Cc1nc2ccc(F)cc2c(N2CCN3C(=O)NC[C@@H]3C2)c1C. The van der Waals surface area contributed by atoms with Crippen molar-refractivity contribution in [3.05, 3.63) is 35.3 Å². The smallest absolute Gasteiger partial charge is 0.317 e. The zero-order valence-corrected chi connectivity index (χ0v) is 13.3. The topological polar surface area (TPSA) is 48.5 Å². The van der Waals surface area contributed by atoms with E-state index >= 15 is 0 Å². The van der Waals surface area contributed by atoms with Crippen LogP contribution in [-0.2, 0) is 0 Å². The van der Waals surface area contributed by atoms with Gasteiger partial charge in [-0.15, -0.1) is 0 Å². The lowest BCUT2D eigenvalue weighted by Gasteiger charge is -2.39. The number of halogens is 1. The summed E-state index contributed by atoms with van der Waals surface area (Å²) in [6.07, 6.45) is 0. The quantitative estimate of drug-likeness (QED) is 0.878. The lowest BCUT2D eigenvalue weighted by molar-refractivity contribution is 0.198. The van der Waals surface area contributed by atoms with Gasteiger partial charge in [0.15, 0.2) is 0 Å². The average Bonchev–Trinajstić information content (AvgIpc) is 2.90. The number of aryl methyl sites for hydroxylation is 1. The van der Waals surface area contributed by atoms with Crippen molar-refractivity contribution in [2.75, 3.05) is 31.1 Å². The van der Waals surface area contributed by atoms with Crippen LogP contribution in [0.15, 0.2) is 18.2 Å². The number of rotatable bonds is 1. The number of carbonyl (C=O) groups is 1. The van der Waals surface area contributed by atoms with Crippen LogP contribution in [0.2, 0.25) is 0 Å². The van der Waals surface area contributed by atoms with E-state index in [9.17, 15) is 9.18 Å². The number of hydrogen-bond acceptors (Lipinski definition) is 3. The van der Waals surface area contributed by atoms with E-state index in [1.807, 2.05) is 18.7 Å². The van der Waals surface area contributed by atoms with Gasteiger partial charge in [-0.3, -0.25) is 4.98 Å². The number of carbonyl (C=O) groups excluding carboxylic acids is 1. The Balaban J connectivity index is 1.80. The van der Waals surface area contributed by atoms with E-state index in [-0.39, 0.29) is 17.9 Å². The minimum atomic E-state index is -0.250. The summed E-state index contributed by atoms with van der Waals surface area (Å²) in [7, 11) is 0. The third-order valence-electron chi connectivity index (χ3n) is 4.95. The molecule has 2 aromatic rings. The molecule has 4 rings (SSSR count). The molecule has 0 saturated carbocycles. The second-order valence-electron chi connectivity index (χ2n) is 6.31. The number of urea groups is 1. The standard InChI is InChI=1S/C17H19FN4O/c1-10-11(2)20-15-4-3-12(18)7-14(15)16(10)21-5-6-22-13(9-21)8-19-17(22)23/h3-4,7,13H,5-6,8-9H2,1-2H3,(H,19,23)/t13-/m1/s1. The molecule has 2 fully saturated rings. The van der Waals surface area contributed by atoms with Crippen LogP contribution in [0.4, 0.5) is 14.9 Å². The van der Waals surface area contributed by atoms with Crippen molar-refractivity contribution in [3.63, 3.8) is 0 Å². The normalized spacial score (nSPS) is 20.8. The molecule has 6 heteroatoms. The highest BCUT2D eigenvalue weighted by atomic mass is 19.1. The van der Waals surface area contributed by atoms with E-state index in [0.29, 0.717) is 13.1 Å². The number of amides is 2. The number of hydrogen-bond donors (Lipinski definition) is 1. The summed E-state index contributed by atoms with van der Waals surface area (Å²) in [5, 5.41) is 3.74. The van der Waals surface area contributed by atoms with Crippen molar-refractivity contribution in [1.82, 2.24) is 15.2 Å². The molecule has 1 N–H and O–H groups in total. The first-order valence-corrected chi connectivity index (χ1v) is 7.90. The van der Waals surface area contributed by atoms with Crippen LogP contribution in [0.3, 0.4) is 0 Å². The molecule has 5 nitrogen and oxygen atoms in total. The minimum absolute atomic E-state index is 0.0215. The third-order valence-corrected chi connectivity index (χ3v) is 4.95. The number of nitrogens with zero attached hydrogens (tertiary/aromatic N) is 3. The highest BCUT2D eigenvalue weighted by molar-refractivity contribution is 5.94. The Morgan fingerprint density at radius 1 is 1.30 bits per heavy atom. The summed E-state index contributed by atoms with van der Waals surface area (Å²) in [6, 6.07) is 4.94. The molecule has 0 radical (unpaired) electrons. The molecule has 0 bridgehead atoms. The molecular weight excluding hydrogens is 295 g/mol. The van der Waals surface area contributed by atoms with Crippen molar-refractivity contribution in [2.45, 2.75) is 19.9 Å². The maximum Gasteiger partial charge on any atom is 0.317 e. The van der Waals surface area contributed by atoms with Crippen LogP contribution in [0, 0.1) is 19.7 Å². The molecule has 0 spiro atoms. The van der Waals surface area contributed by atoms with E-state index in [4.69, 9.17) is 0 Å². The van der Waals surface area contributed by atoms with Crippen LogP contribution in [0.25, 0.3) is 10.9 Å².